The molecule has 4 rings (SSSR count). The Hall–Kier alpha value is -2.96. The maximum absolute atomic E-state index is 12.6. The van der Waals surface area contributed by atoms with Crippen LogP contribution in [0.3, 0.4) is 0 Å². The molecule has 1 saturated heterocycles. The highest BCUT2D eigenvalue weighted by Gasteiger charge is 2.24. The molecule has 0 aliphatic carbocycles. The van der Waals surface area contributed by atoms with Crippen LogP contribution in [0.4, 0.5) is 0 Å². The number of hydrogen-bond acceptors (Lipinski definition) is 5. The van der Waals surface area contributed by atoms with Gasteiger partial charge in [-0.05, 0) is 42.8 Å². The van der Waals surface area contributed by atoms with Crippen molar-refractivity contribution in [2.75, 3.05) is 13.1 Å². The lowest BCUT2D eigenvalue weighted by Crippen LogP contribution is -2.52. The molecule has 6 nitrogen and oxygen atoms in total. The van der Waals surface area contributed by atoms with E-state index >= 15 is 0 Å². The van der Waals surface area contributed by atoms with Crippen LogP contribution in [0.15, 0.2) is 63.8 Å². The fourth-order valence-electron chi connectivity index (χ4n) is 3.35. The van der Waals surface area contributed by atoms with Crippen LogP contribution in [-0.2, 0) is 0 Å². The van der Waals surface area contributed by atoms with E-state index in [1.54, 1.807) is 36.4 Å². The van der Waals surface area contributed by atoms with Crippen LogP contribution in [0.25, 0.3) is 22.1 Å². The third-order valence-electron chi connectivity index (χ3n) is 4.84. The number of carbonyl (C=O) groups excluding carboxylic acids is 1. The number of rotatable bonds is 3. The van der Waals surface area contributed by atoms with E-state index in [0.717, 1.165) is 11.9 Å². The minimum atomic E-state index is -0.613. The van der Waals surface area contributed by atoms with Gasteiger partial charge in [-0.3, -0.25) is 4.79 Å². The molecule has 1 amide bonds. The standard InChI is InChI=1S/C21H20N2O4/c24-18-12-22-9-8-17(18)23-20(25)15-6-3-5-13(10-15)16-11-14-4-1-2-7-19(14)27-21(16)26/h1-7,10-11,17-18,22,24H,8-9,12H2,(H,23,25)/t17-,18-/m1/s1. The molecule has 2 heterocycles. The largest absolute Gasteiger partial charge is 0.422 e. The van der Waals surface area contributed by atoms with E-state index in [9.17, 15) is 14.7 Å². The van der Waals surface area contributed by atoms with Crippen molar-refractivity contribution in [3.63, 3.8) is 0 Å². The van der Waals surface area contributed by atoms with Crippen LogP contribution < -0.4 is 16.3 Å². The second kappa shape index (κ2) is 7.34. The lowest BCUT2D eigenvalue weighted by Gasteiger charge is -2.29. The molecule has 6 heteroatoms. The number of hydrogen-bond donors (Lipinski definition) is 3. The molecule has 1 aliphatic heterocycles. The number of piperidine rings is 1. The molecule has 1 aliphatic rings. The minimum absolute atomic E-state index is 0.270. The van der Waals surface area contributed by atoms with Gasteiger partial charge in [0, 0.05) is 17.5 Å². The van der Waals surface area contributed by atoms with Crippen molar-refractivity contribution in [3.05, 3.63) is 70.6 Å². The average Bonchev–Trinajstić information content (AvgIpc) is 2.69. The fraction of sp³-hybridized carbons (Fsp3) is 0.238. The fourth-order valence-corrected chi connectivity index (χ4v) is 3.35. The van der Waals surface area contributed by atoms with Crippen LogP contribution in [-0.4, -0.2) is 36.2 Å². The summed E-state index contributed by atoms with van der Waals surface area (Å²) in [5, 5.41) is 16.8. The van der Waals surface area contributed by atoms with E-state index in [4.69, 9.17) is 4.42 Å². The molecule has 0 radical (unpaired) electrons. The molecular formula is C21H20N2O4. The lowest BCUT2D eigenvalue weighted by atomic mass is 10.0. The van der Waals surface area contributed by atoms with Crippen molar-refractivity contribution in [1.29, 1.82) is 0 Å². The van der Waals surface area contributed by atoms with Crippen LogP contribution in [0, 0.1) is 0 Å². The second-order valence-corrected chi connectivity index (χ2v) is 6.71. The van der Waals surface area contributed by atoms with E-state index in [2.05, 4.69) is 10.6 Å². The topological polar surface area (TPSA) is 91.6 Å². The molecule has 3 N–H and O–H groups in total. The molecule has 1 aromatic heterocycles. The Labute approximate surface area is 155 Å². The monoisotopic (exact) mass is 364 g/mol. The molecular weight excluding hydrogens is 344 g/mol. The van der Waals surface area contributed by atoms with Crippen LogP contribution >= 0.6 is 0 Å². The zero-order chi connectivity index (χ0) is 18.8. The number of β-amino-alcohol motifs (C(OH)–C–C–N with tert-alkyl or cyclic N) is 1. The van der Waals surface area contributed by atoms with Gasteiger partial charge in [-0.1, -0.05) is 30.3 Å². The van der Waals surface area contributed by atoms with Crippen molar-refractivity contribution in [2.45, 2.75) is 18.6 Å². The first-order valence-corrected chi connectivity index (χ1v) is 8.95. The van der Waals surface area contributed by atoms with Gasteiger partial charge < -0.3 is 20.2 Å². The number of amides is 1. The van der Waals surface area contributed by atoms with Gasteiger partial charge in [0.2, 0.25) is 0 Å². The number of carbonyl (C=O) groups is 1. The summed E-state index contributed by atoms with van der Waals surface area (Å²) in [6, 6.07) is 15.7. The maximum atomic E-state index is 12.6. The van der Waals surface area contributed by atoms with Crippen LogP contribution in [0.5, 0.6) is 0 Å². The molecule has 27 heavy (non-hydrogen) atoms. The zero-order valence-corrected chi connectivity index (χ0v) is 14.6. The first kappa shape index (κ1) is 17.5. The van der Waals surface area contributed by atoms with Crippen molar-refractivity contribution in [2.24, 2.45) is 0 Å². The second-order valence-electron chi connectivity index (χ2n) is 6.71. The van der Waals surface area contributed by atoms with Gasteiger partial charge in [0.25, 0.3) is 5.91 Å². The molecule has 2 aromatic carbocycles. The van der Waals surface area contributed by atoms with Crippen molar-refractivity contribution in [3.8, 4) is 11.1 Å². The third kappa shape index (κ3) is 3.63. The third-order valence-corrected chi connectivity index (χ3v) is 4.84. The Morgan fingerprint density at radius 1 is 1.15 bits per heavy atom. The summed E-state index contributed by atoms with van der Waals surface area (Å²) in [5.74, 6) is -0.270. The van der Waals surface area contributed by atoms with Gasteiger partial charge in [-0.2, -0.15) is 0 Å². The molecule has 0 unspecified atom stereocenters. The number of aliphatic hydroxyl groups is 1. The molecule has 0 saturated carbocycles. The summed E-state index contributed by atoms with van der Waals surface area (Å²) in [6.07, 6.45) is 0.0549. The van der Waals surface area contributed by atoms with Gasteiger partial charge in [-0.25, -0.2) is 4.79 Å². The highest BCUT2D eigenvalue weighted by Crippen LogP contribution is 2.22. The summed E-state index contributed by atoms with van der Waals surface area (Å²) < 4.78 is 5.39. The maximum Gasteiger partial charge on any atom is 0.344 e. The summed E-state index contributed by atoms with van der Waals surface area (Å²) in [7, 11) is 0. The number of para-hydroxylation sites is 1. The van der Waals surface area contributed by atoms with E-state index in [0.29, 0.717) is 35.2 Å². The molecule has 2 atom stereocenters. The van der Waals surface area contributed by atoms with E-state index in [1.807, 2.05) is 18.2 Å². The predicted molar refractivity (Wildman–Crippen MR) is 103 cm³/mol. The SMILES string of the molecule is O=C(N[C@@H]1CCNC[C@H]1O)c1cccc(-c2cc3ccccc3oc2=O)c1. The van der Waals surface area contributed by atoms with Gasteiger partial charge in [0.05, 0.1) is 17.7 Å². The summed E-state index contributed by atoms with van der Waals surface area (Å²) >= 11 is 0. The van der Waals surface area contributed by atoms with Gasteiger partial charge >= 0.3 is 5.63 Å². The van der Waals surface area contributed by atoms with Gasteiger partial charge in [0.1, 0.15) is 5.58 Å². The Morgan fingerprint density at radius 2 is 2.00 bits per heavy atom. The average molecular weight is 364 g/mol. The van der Waals surface area contributed by atoms with Crippen LogP contribution in [0.2, 0.25) is 0 Å². The molecule has 138 valence electrons. The minimum Gasteiger partial charge on any atom is -0.422 e. The van der Waals surface area contributed by atoms with E-state index < -0.39 is 11.7 Å². The highest BCUT2D eigenvalue weighted by molar-refractivity contribution is 5.96. The van der Waals surface area contributed by atoms with E-state index in [-0.39, 0.29) is 11.9 Å². The first-order valence-electron chi connectivity index (χ1n) is 8.95. The molecule has 1 fully saturated rings. The van der Waals surface area contributed by atoms with E-state index in [1.165, 1.54) is 0 Å². The highest BCUT2D eigenvalue weighted by atomic mass is 16.4. The number of nitrogens with one attached hydrogen (secondary N) is 2. The zero-order valence-electron chi connectivity index (χ0n) is 14.6. The molecule has 3 aromatic rings. The van der Waals surface area contributed by atoms with Gasteiger partial charge in [-0.15, -0.1) is 0 Å². The number of aliphatic hydroxyl groups excluding tert-OH is 1. The Bertz CT molecular complexity index is 1040. The van der Waals surface area contributed by atoms with Crippen molar-refractivity contribution >= 4 is 16.9 Å². The Morgan fingerprint density at radius 3 is 2.85 bits per heavy atom. The van der Waals surface area contributed by atoms with Crippen LogP contribution in [0.1, 0.15) is 16.8 Å². The Balaban J connectivity index is 1.63. The number of fused-ring (bicyclic) bond motifs is 1. The first-order chi connectivity index (χ1) is 13.1. The van der Waals surface area contributed by atoms with Crippen molar-refractivity contribution in [1.82, 2.24) is 10.6 Å². The lowest BCUT2D eigenvalue weighted by molar-refractivity contribution is 0.0765. The molecule has 0 bridgehead atoms. The summed E-state index contributed by atoms with van der Waals surface area (Å²) in [6.45, 7) is 1.21. The summed E-state index contributed by atoms with van der Waals surface area (Å²) in [4.78, 5) is 25.0. The normalized spacial score (nSPS) is 19.7. The quantitative estimate of drug-likeness (QED) is 0.618. The smallest absolute Gasteiger partial charge is 0.344 e. The van der Waals surface area contributed by atoms with Gasteiger partial charge in [0.15, 0.2) is 0 Å². The number of benzene rings is 2. The summed E-state index contributed by atoms with van der Waals surface area (Å²) in [5.41, 5.74) is 1.55. The predicted octanol–water partition coefficient (Wildman–Crippen LogP) is 1.91. The molecule has 0 spiro atoms. The van der Waals surface area contributed by atoms with Crippen molar-refractivity contribution < 1.29 is 14.3 Å². The Kier molecular flexibility index (Phi) is 4.75.